The average Bonchev–Trinajstić information content (AvgIpc) is 3.12. The number of carbonyl (C=O) groups is 2. The second-order valence-corrected chi connectivity index (χ2v) is 6.45. The van der Waals surface area contributed by atoms with E-state index < -0.39 is 17.6 Å². The van der Waals surface area contributed by atoms with Gasteiger partial charge in [0.05, 0.1) is 17.9 Å². The monoisotopic (exact) mass is 407 g/mol. The Balaban J connectivity index is 1.86. The molecule has 1 heterocycles. The molecule has 0 saturated carbocycles. The van der Waals surface area contributed by atoms with Crippen LogP contribution in [0.25, 0.3) is 0 Å². The highest BCUT2D eigenvalue weighted by atomic mass is 19.4. The van der Waals surface area contributed by atoms with E-state index in [1.165, 1.54) is 23.1 Å². The lowest BCUT2D eigenvalue weighted by Gasteiger charge is -2.17. The molecule has 1 saturated heterocycles. The van der Waals surface area contributed by atoms with Crippen molar-refractivity contribution in [3.63, 3.8) is 0 Å². The van der Waals surface area contributed by atoms with Crippen LogP contribution < -0.4 is 20.3 Å². The van der Waals surface area contributed by atoms with Gasteiger partial charge in [-0.3, -0.25) is 9.69 Å². The second-order valence-electron chi connectivity index (χ2n) is 6.45. The number of nitrogens with one attached hydrogen (secondary N) is 2. The molecule has 0 aliphatic carbocycles. The van der Waals surface area contributed by atoms with Gasteiger partial charge in [-0.15, -0.1) is 0 Å². The quantitative estimate of drug-likeness (QED) is 0.751. The lowest BCUT2D eigenvalue weighted by Crippen LogP contribution is -2.27. The molecule has 154 valence electrons. The number of amides is 3. The Kier molecular flexibility index (Phi) is 5.95. The Morgan fingerprint density at radius 2 is 2.03 bits per heavy atom. The third-order valence-corrected chi connectivity index (χ3v) is 4.29. The molecule has 0 unspecified atom stereocenters. The van der Waals surface area contributed by atoms with Gasteiger partial charge in [0.2, 0.25) is 0 Å². The maximum Gasteiger partial charge on any atom is 0.416 e. The minimum absolute atomic E-state index is 0.0670. The van der Waals surface area contributed by atoms with Gasteiger partial charge in [-0.05, 0) is 42.8 Å². The lowest BCUT2D eigenvalue weighted by atomic mass is 10.1. The molecule has 3 rings (SSSR count). The second kappa shape index (κ2) is 8.42. The van der Waals surface area contributed by atoms with E-state index in [2.05, 4.69) is 10.6 Å². The minimum Gasteiger partial charge on any atom is -0.491 e. The molecule has 0 spiro atoms. The van der Waals surface area contributed by atoms with Crippen molar-refractivity contribution < 1.29 is 27.5 Å². The van der Waals surface area contributed by atoms with Crippen molar-refractivity contribution in [3.05, 3.63) is 53.6 Å². The van der Waals surface area contributed by atoms with Crippen LogP contribution in [-0.2, 0) is 6.18 Å². The number of carbonyl (C=O) groups excluding carboxylic acids is 2. The summed E-state index contributed by atoms with van der Waals surface area (Å²) in [6.07, 6.45) is -3.89. The number of alkyl halides is 3. The highest BCUT2D eigenvalue weighted by molar-refractivity contribution is 6.06. The molecule has 29 heavy (non-hydrogen) atoms. The number of ether oxygens (including phenoxy) is 1. The predicted molar refractivity (Wildman–Crippen MR) is 102 cm³/mol. The Labute approximate surface area is 165 Å². The minimum atomic E-state index is -4.55. The number of benzene rings is 2. The van der Waals surface area contributed by atoms with Crippen LogP contribution in [0.15, 0.2) is 42.5 Å². The summed E-state index contributed by atoms with van der Waals surface area (Å²) in [5, 5.41) is 5.16. The molecule has 1 fully saturated rings. The van der Waals surface area contributed by atoms with Crippen LogP contribution in [0.2, 0.25) is 0 Å². The molecule has 0 bridgehead atoms. The van der Waals surface area contributed by atoms with Gasteiger partial charge in [-0.2, -0.15) is 13.2 Å². The molecule has 0 atom stereocenters. The first kappa shape index (κ1) is 20.5. The SMILES string of the molecule is CCCOc1ccc(C(F)(F)F)cc1NC(=O)c1cccc(N2CCNC2=O)c1. The highest BCUT2D eigenvalue weighted by Gasteiger charge is 2.31. The molecule has 2 aromatic carbocycles. The summed E-state index contributed by atoms with van der Waals surface area (Å²) >= 11 is 0. The fourth-order valence-corrected chi connectivity index (χ4v) is 2.87. The van der Waals surface area contributed by atoms with E-state index in [0.717, 1.165) is 12.1 Å². The first-order chi connectivity index (χ1) is 13.8. The number of halogens is 3. The maximum absolute atomic E-state index is 13.1. The third-order valence-electron chi connectivity index (χ3n) is 4.29. The summed E-state index contributed by atoms with van der Waals surface area (Å²) in [5.74, 6) is -0.449. The zero-order valence-corrected chi connectivity index (χ0v) is 15.7. The van der Waals surface area contributed by atoms with Crippen molar-refractivity contribution in [1.29, 1.82) is 0 Å². The molecule has 2 N–H and O–H groups in total. The molecule has 0 radical (unpaired) electrons. The van der Waals surface area contributed by atoms with Crippen LogP contribution in [0.1, 0.15) is 29.3 Å². The van der Waals surface area contributed by atoms with Crippen molar-refractivity contribution in [2.75, 3.05) is 29.9 Å². The van der Waals surface area contributed by atoms with Gasteiger partial charge >= 0.3 is 12.2 Å². The zero-order chi connectivity index (χ0) is 21.0. The van der Waals surface area contributed by atoms with Crippen molar-refractivity contribution >= 4 is 23.3 Å². The summed E-state index contributed by atoms with van der Waals surface area (Å²) in [5.41, 5.74) is -0.220. The summed E-state index contributed by atoms with van der Waals surface area (Å²) in [6, 6.07) is 9.01. The molecule has 0 aromatic heterocycles. The van der Waals surface area contributed by atoms with E-state index in [-0.39, 0.29) is 23.0 Å². The van der Waals surface area contributed by atoms with Gasteiger partial charge in [0.15, 0.2) is 0 Å². The number of hydrogen-bond acceptors (Lipinski definition) is 3. The molecule has 6 nitrogen and oxygen atoms in total. The van der Waals surface area contributed by atoms with Crippen LogP contribution in [0, 0.1) is 0 Å². The standard InChI is InChI=1S/C20H20F3N3O3/c1-2-10-29-17-7-6-14(20(21,22)23)12-16(17)25-18(27)13-4-3-5-15(11-13)26-9-8-24-19(26)28/h3-7,11-12H,2,8-10H2,1H3,(H,24,28)(H,25,27). The number of nitrogens with zero attached hydrogens (tertiary/aromatic N) is 1. The summed E-state index contributed by atoms with van der Waals surface area (Å²) in [6.45, 7) is 3.13. The maximum atomic E-state index is 13.1. The molecular weight excluding hydrogens is 387 g/mol. The largest absolute Gasteiger partial charge is 0.491 e. The Morgan fingerprint density at radius 3 is 2.69 bits per heavy atom. The number of rotatable bonds is 6. The first-order valence-electron chi connectivity index (χ1n) is 9.10. The van der Waals surface area contributed by atoms with Crippen molar-refractivity contribution in [2.24, 2.45) is 0 Å². The van der Waals surface area contributed by atoms with E-state index in [0.29, 0.717) is 31.8 Å². The normalized spacial score (nSPS) is 13.9. The first-order valence-corrected chi connectivity index (χ1v) is 9.10. The summed E-state index contributed by atoms with van der Waals surface area (Å²) < 4.78 is 44.7. The smallest absolute Gasteiger partial charge is 0.416 e. The molecule has 1 aliphatic rings. The van der Waals surface area contributed by atoms with Gasteiger partial charge < -0.3 is 15.4 Å². The Morgan fingerprint density at radius 1 is 1.24 bits per heavy atom. The van der Waals surface area contributed by atoms with E-state index in [1.54, 1.807) is 12.1 Å². The predicted octanol–water partition coefficient (Wildman–Crippen LogP) is 4.28. The van der Waals surface area contributed by atoms with Gasteiger partial charge in [0.1, 0.15) is 5.75 Å². The van der Waals surface area contributed by atoms with Crippen molar-refractivity contribution in [3.8, 4) is 5.75 Å². The molecule has 3 amide bonds. The zero-order valence-electron chi connectivity index (χ0n) is 15.7. The topological polar surface area (TPSA) is 70.7 Å². The molecule has 2 aromatic rings. The number of anilines is 2. The van der Waals surface area contributed by atoms with E-state index in [9.17, 15) is 22.8 Å². The van der Waals surface area contributed by atoms with Gasteiger partial charge in [-0.25, -0.2) is 4.79 Å². The van der Waals surface area contributed by atoms with Gasteiger partial charge in [0.25, 0.3) is 5.91 Å². The van der Waals surface area contributed by atoms with Crippen LogP contribution in [0.5, 0.6) is 5.75 Å². The number of hydrogen-bond donors (Lipinski definition) is 2. The molecule has 1 aliphatic heterocycles. The fraction of sp³-hybridized carbons (Fsp3) is 0.300. The Bertz CT molecular complexity index is 915. The van der Waals surface area contributed by atoms with Crippen LogP contribution in [-0.4, -0.2) is 31.6 Å². The number of urea groups is 1. The summed E-state index contributed by atoms with van der Waals surface area (Å²) in [7, 11) is 0. The van der Waals surface area contributed by atoms with Crippen molar-refractivity contribution in [2.45, 2.75) is 19.5 Å². The molecular formula is C20H20F3N3O3. The highest BCUT2D eigenvalue weighted by Crippen LogP contribution is 2.35. The molecule has 9 heteroatoms. The lowest BCUT2D eigenvalue weighted by molar-refractivity contribution is -0.137. The summed E-state index contributed by atoms with van der Waals surface area (Å²) in [4.78, 5) is 26.0. The van der Waals surface area contributed by atoms with E-state index in [1.807, 2.05) is 6.92 Å². The van der Waals surface area contributed by atoms with Crippen LogP contribution in [0.3, 0.4) is 0 Å². The van der Waals surface area contributed by atoms with Gasteiger partial charge in [0, 0.05) is 24.3 Å². The van der Waals surface area contributed by atoms with E-state index >= 15 is 0 Å². The van der Waals surface area contributed by atoms with E-state index in [4.69, 9.17) is 4.74 Å². The third kappa shape index (κ3) is 4.79. The fourth-order valence-electron chi connectivity index (χ4n) is 2.87. The Hall–Kier alpha value is -3.23. The van der Waals surface area contributed by atoms with Crippen LogP contribution >= 0.6 is 0 Å². The van der Waals surface area contributed by atoms with Crippen LogP contribution in [0.4, 0.5) is 29.3 Å². The van der Waals surface area contributed by atoms with Crippen molar-refractivity contribution in [1.82, 2.24) is 5.32 Å². The average molecular weight is 407 g/mol. The van der Waals surface area contributed by atoms with Gasteiger partial charge in [-0.1, -0.05) is 13.0 Å².